The average molecular weight is 183 g/mol. The first-order chi connectivity index (χ1) is 5.84. The van der Waals surface area contributed by atoms with Crippen LogP contribution in [0.3, 0.4) is 0 Å². The van der Waals surface area contributed by atoms with Crippen molar-refractivity contribution in [1.82, 2.24) is 0 Å². The summed E-state index contributed by atoms with van der Waals surface area (Å²) in [5.74, 6) is 0. The van der Waals surface area contributed by atoms with Gasteiger partial charge in [-0.3, -0.25) is 0 Å². The maximum Gasteiger partial charge on any atom is 0.0824 e. The van der Waals surface area contributed by atoms with Crippen LogP contribution in [0, 0.1) is 0 Å². The minimum Gasteiger partial charge on any atom is -0.388 e. The van der Waals surface area contributed by atoms with E-state index in [-0.39, 0.29) is 0 Å². The van der Waals surface area contributed by atoms with Crippen LogP contribution < -0.4 is 0 Å². The third-order valence-corrected chi connectivity index (χ3v) is 1.81. The number of aliphatic hydroxyl groups is 1. The maximum atomic E-state index is 9.54. The highest BCUT2D eigenvalue weighted by Crippen LogP contribution is 2.15. The zero-order valence-corrected chi connectivity index (χ0v) is 7.41. The fourth-order valence-electron chi connectivity index (χ4n) is 0.992. The summed E-state index contributed by atoms with van der Waals surface area (Å²) >= 11 is 5.34. The highest BCUT2D eigenvalue weighted by Gasteiger charge is 2.02. The van der Waals surface area contributed by atoms with Crippen LogP contribution in [-0.2, 0) is 0 Å². The molecule has 1 N–H and O–H groups in total. The number of rotatable bonds is 3. The molecule has 0 spiro atoms. The predicted octanol–water partition coefficient (Wildman–Crippen LogP) is 2.86. The van der Waals surface area contributed by atoms with E-state index in [1.807, 2.05) is 30.3 Å². The second-order valence-electron chi connectivity index (χ2n) is 2.52. The van der Waals surface area contributed by atoms with Crippen molar-refractivity contribution < 1.29 is 5.11 Å². The fourth-order valence-corrected chi connectivity index (χ4v) is 1.09. The number of benzene rings is 1. The van der Waals surface area contributed by atoms with Crippen molar-refractivity contribution in [2.45, 2.75) is 12.5 Å². The van der Waals surface area contributed by atoms with E-state index in [9.17, 15) is 5.11 Å². The van der Waals surface area contributed by atoms with Gasteiger partial charge in [-0.15, -0.1) is 0 Å². The molecule has 0 radical (unpaired) electrons. The summed E-state index contributed by atoms with van der Waals surface area (Å²) in [5.41, 5.74) is 2.35. The van der Waals surface area contributed by atoms with E-state index < -0.39 is 6.10 Å². The topological polar surface area (TPSA) is 20.2 Å². The van der Waals surface area contributed by atoms with E-state index in [0.717, 1.165) is 5.56 Å². The number of halogens is 1. The Labute approximate surface area is 77.3 Å². The van der Waals surface area contributed by atoms with Gasteiger partial charge in [-0.05, 0) is 12.0 Å². The Morgan fingerprint density at radius 3 is 2.58 bits per heavy atom. The summed E-state index contributed by atoms with van der Waals surface area (Å²) in [7, 11) is 0. The van der Waals surface area contributed by atoms with Gasteiger partial charge in [0, 0.05) is 5.54 Å². The van der Waals surface area contributed by atoms with Crippen LogP contribution in [0.5, 0.6) is 0 Å². The van der Waals surface area contributed by atoms with Gasteiger partial charge in [0.2, 0.25) is 0 Å². The molecule has 0 aliphatic carbocycles. The summed E-state index contributed by atoms with van der Waals surface area (Å²) in [4.78, 5) is 0. The van der Waals surface area contributed by atoms with Gasteiger partial charge in [-0.1, -0.05) is 48.0 Å². The predicted molar refractivity (Wildman–Crippen MR) is 51.0 cm³/mol. The molecule has 1 rings (SSSR count). The van der Waals surface area contributed by atoms with Gasteiger partial charge in [0.05, 0.1) is 6.10 Å². The standard InChI is InChI=1S/C10H11ClO/c11-8-4-7-10(12)9-5-2-1-3-6-9/h1-6,8,10,12H,7H2/b8-4-. The molecule has 64 valence electrons. The van der Waals surface area contributed by atoms with Gasteiger partial charge in [-0.25, -0.2) is 0 Å². The third kappa shape index (κ3) is 2.68. The molecule has 2 heteroatoms. The van der Waals surface area contributed by atoms with E-state index in [0.29, 0.717) is 6.42 Å². The molecule has 0 fully saturated rings. The fraction of sp³-hybridized carbons (Fsp3) is 0.200. The lowest BCUT2D eigenvalue weighted by Crippen LogP contribution is -1.94. The molecule has 1 aromatic rings. The Balaban J connectivity index is 2.59. The summed E-state index contributed by atoms with van der Waals surface area (Å²) < 4.78 is 0. The van der Waals surface area contributed by atoms with Gasteiger partial charge in [0.25, 0.3) is 0 Å². The highest BCUT2D eigenvalue weighted by atomic mass is 35.5. The van der Waals surface area contributed by atoms with Gasteiger partial charge in [0.1, 0.15) is 0 Å². The first-order valence-electron chi connectivity index (χ1n) is 3.83. The third-order valence-electron chi connectivity index (χ3n) is 1.63. The van der Waals surface area contributed by atoms with Gasteiger partial charge in [0.15, 0.2) is 0 Å². The van der Waals surface area contributed by atoms with Crippen molar-refractivity contribution in [3.05, 3.63) is 47.5 Å². The molecule has 0 saturated carbocycles. The zero-order valence-electron chi connectivity index (χ0n) is 6.65. The van der Waals surface area contributed by atoms with E-state index in [1.54, 1.807) is 6.08 Å². The zero-order chi connectivity index (χ0) is 8.81. The normalized spacial score (nSPS) is 13.5. The SMILES string of the molecule is OC(C/C=C\Cl)c1ccccc1. The summed E-state index contributed by atoms with van der Waals surface area (Å²) in [5, 5.41) is 9.54. The Kier molecular flexibility index (Phi) is 3.85. The van der Waals surface area contributed by atoms with E-state index >= 15 is 0 Å². The minimum absolute atomic E-state index is 0.443. The van der Waals surface area contributed by atoms with Crippen LogP contribution >= 0.6 is 11.6 Å². The second-order valence-corrected chi connectivity index (χ2v) is 2.78. The Hall–Kier alpha value is -0.790. The van der Waals surface area contributed by atoms with Crippen LogP contribution in [-0.4, -0.2) is 5.11 Å². The van der Waals surface area contributed by atoms with Crippen LogP contribution in [0.2, 0.25) is 0 Å². The molecule has 0 aromatic heterocycles. The molecule has 0 saturated heterocycles. The molecule has 1 atom stereocenters. The quantitative estimate of drug-likeness (QED) is 0.762. The summed E-state index contributed by atoms with van der Waals surface area (Å²) in [6, 6.07) is 9.53. The minimum atomic E-state index is -0.443. The van der Waals surface area contributed by atoms with Crippen molar-refractivity contribution in [1.29, 1.82) is 0 Å². The Morgan fingerprint density at radius 2 is 2.00 bits per heavy atom. The summed E-state index contributed by atoms with van der Waals surface area (Å²) in [6.45, 7) is 0. The number of hydrogen-bond donors (Lipinski definition) is 1. The van der Waals surface area contributed by atoms with Crippen LogP contribution in [0.4, 0.5) is 0 Å². The molecule has 0 aliphatic rings. The first kappa shape index (κ1) is 9.30. The average Bonchev–Trinajstić information content (AvgIpc) is 2.15. The van der Waals surface area contributed by atoms with E-state index in [1.165, 1.54) is 5.54 Å². The molecule has 0 amide bonds. The summed E-state index contributed by atoms with van der Waals surface area (Å²) in [6.07, 6.45) is 1.86. The van der Waals surface area contributed by atoms with Gasteiger partial charge >= 0.3 is 0 Å². The van der Waals surface area contributed by atoms with Crippen LogP contribution in [0.1, 0.15) is 18.1 Å². The van der Waals surface area contributed by atoms with Crippen LogP contribution in [0.25, 0.3) is 0 Å². The molecule has 1 unspecified atom stereocenters. The molecule has 0 aliphatic heterocycles. The second kappa shape index (κ2) is 4.96. The monoisotopic (exact) mass is 182 g/mol. The lowest BCUT2D eigenvalue weighted by atomic mass is 10.1. The molecule has 1 aromatic carbocycles. The van der Waals surface area contributed by atoms with E-state index in [2.05, 4.69) is 0 Å². The number of aliphatic hydroxyl groups excluding tert-OH is 1. The van der Waals surface area contributed by atoms with Crippen molar-refractivity contribution >= 4 is 11.6 Å². The largest absolute Gasteiger partial charge is 0.388 e. The van der Waals surface area contributed by atoms with Crippen LogP contribution in [0.15, 0.2) is 41.9 Å². The molecule has 0 bridgehead atoms. The number of hydrogen-bond acceptors (Lipinski definition) is 1. The van der Waals surface area contributed by atoms with E-state index in [4.69, 9.17) is 11.6 Å². The van der Waals surface area contributed by atoms with Gasteiger partial charge in [-0.2, -0.15) is 0 Å². The Morgan fingerprint density at radius 1 is 1.33 bits per heavy atom. The molecular weight excluding hydrogens is 172 g/mol. The molecular formula is C10H11ClO. The Bertz CT molecular complexity index is 243. The first-order valence-corrected chi connectivity index (χ1v) is 4.26. The van der Waals surface area contributed by atoms with Crippen molar-refractivity contribution in [3.63, 3.8) is 0 Å². The van der Waals surface area contributed by atoms with Crippen molar-refractivity contribution in [2.24, 2.45) is 0 Å². The van der Waals surface area contributed by atoms with Crippen molar-refractivity contribution in [3.8, 4) is 0 Å². The lowest BCUT2D eigenvalue weighted by Gasteiger charge is -2.06. The van der Waals surface area contributed by atoms with Gasteiger partial charge < -0.3 is 5.11 Å². The molecule has 1 nitrogen and oxygen atoms in total. The maximum absolute atomic E-state index is 9.54. The van der Waals surface area contributed by atoms with Crippen molar-refractivity contribution in [2.75, 3.05) is 0 Å². The molecule has 12 heavy (non-hydrogen) atoms. The smallest absolute Gasteiger partial charge is 0.0824 e. The highest BCUT2D eigenvalue weighted by molar-refractivity contribution is 6.25. The molecule has 0 heterocycles. The lowest BCUT2D eigenvalue weighted by molar-refractivity contribution is 0.181.